The van der Waals surface area contributed by atoms with Crippen molar-refractivity contribution in [3.63, 3.8) is 0 Å². The number of amides is 1. The zero-order valence-electron chi connectivity index (χ0n) is 9.39. The summed E-state index contributed by atoms with van der Waals surface area (Å²) in [5.74, 6) is -1.25. The molecule has 2 unspecified atom stereocenters. The molecule has 0 aliphatic heterocycles. The largest absolute Gasteiger partial charge is 0.480 e. The molecule has 1 rings (SSSR count). The Balaban J connectivity index is 2.99. The molecular formula is C12H14BrNO3. The van der Waals surface area contributed by atoms with Crippen molar-refractivity contribution < 1.29 is 14.7 Å². The number of carboxylic acids is 1. The summed E-state index contributed by atoms with van der Waals surface area (Å²) in [5.41, 5.74) is 0.900. The van der Waals surface area contributed by atoms with Crippen LogP contribution in [0, 0.1) is 0 Å². The molecule has 1 aromatic rings. The molecule has 0 spiro atoms. The first-order valence-electron chi connectivity index (χ1n) is 5.28. The highest BCUT2D eigenvalue weighted by Crippen LogP contribution is 2.25. The quantitative estimate of drug-likeness (QED) is 0.791. The maximum absolute atomic E-state index is 11.1. The van der Waals surface area contributed by atoms with Gasteiger partial charge in [-0.05, 0) is 24.1 Å². The fraction of sp³-hybridized carbons (Fsp3) is 0.333. The van der Waals surface area contributed by atoms with Crippen LogP contribution < -0.4 is 5.32 Å². The summed E-state index contributed by atoms with van der Waals surface area (Å²) < 4.78 is 0.936. The maximum atomic E-state index is 11.1. The monoisotopic (exact) mass is 299 g/mol. The first-order chi connectivity index (χ1) is 8.10. The van der Waals surface area contributed by atoms with Crippen LogP contribution in [0.5, 0.6) is 0 Å². The van der Waals surface area contributed by atoms with E-state index in [1.807, 2.05) is 31.2 Å². The zero-order chi connectivity index (χ0) is 12.8. The molecule has 0 fully saturated rings. The van der Waals surface area contributed by atoms with E-state index in [1.54, 1.807) is 0 Å². The van der Waals surface area contributed by atoms with Crippen LogP contribution in [0.4, 0.5) is 0 Å². The SMILES string of the molecule is CCC(c1ccc(Br)cc1)C(NC=O)C(=O)O. The minimum atomic E-state index is -1.02. The molecule has 2 N–H and O–H groups in total. The van der Waals surface area contributed by atoms with Gasteiger partial charge in [0.1, 0.15) is 6.04 Å². The highest BCUT2D eigenvalue weighted by Gasteiger charge is 2.27. The molecule has 0 heterocycles. The number of hydrogen-bond donors (Lipinski definition) is 2. The normalized spacial score (nSPS) is 13.8. The molecule has 0 radical (unpaired) electrons. The first-order valence-corrected chi connectivity index (χ1v) is 6.07. The van der Waals surface area contributed by atoms with Gasteiger partial charge in [0.05, 0.1) is 0 Å². The summed E-state index contributed by atoms with van der Waals surface area (Å²) in [4.78, 5) is 21.5. The molecule has 0 saturated heterocycles. The number of hydrogen-bond acceptors (Lipinski definition) is 2. The van der Waals surface area contributed by atoms with Crippen LogP contribution in [-0.4, -0.2) is 23.5 Å². The van der Waals surface area contributed by atoms with Crippen LogP contribution in [-0.2, 0) is 9.59 Å². The Morgan fingerprint density at radius 2 is 2.06 bits per heavy atom. The van der Waals surface area contributed by atoms with Gasteiger partial charge in [0, 0.05) is 10.4 Å². The van der Waals surface area contributed by atoms with Crippen molar-refractivity contribution in [1.82, 2.24) is 5.32 Å². The zero-order valence-corrected chi connectivity index (χ0v) is 11.0. The van der Waals surface area contributed by atoms with Crippen molar-refractivity contribution >= 4 is 28.3 Å². The van der Waals surface area contributed by atoms with Crippen molar-refractivity contribution in [2.75, 3.05) is 0 Å². The number of carbonyl (C=O) groups excluding carboxylic acids is 1. The van der Waals surface area contributed by atoms with Gasteiger partial charge in [0.2, 0.25) is 6.41 Å². The fourth-order valence-electron chi connectivity index (χ4n) is 1.81. The summed E-state index contributed by atoms with van der Waals surface area (Å²) in [7, 11) is 0. The van der Waals surface area contributed by atoms with Crippen molar-refractivity contribution in [2.24, 2.45) is 0 Å². The molecule has 17 heavy (non-hydrogen) atoms. The predicted molar refractivity (Wildman–Crippen MR) is 67.8 cm³/mol. The third kappa shape index (κ3) is 3.56. The standard InChI is InChI=1S/C12H14BrNO3/c1-2-10(11(12(16)17)14-7-15)8-3-5-9(13)6-4-8/h3-7,10-11H,2H2,1H3,(H,14,15)(H,16,17). The number of carbonyl (C=O) groups is 2. The lowest BCUT2D eigenvalue weighted by Crippen LogP contribution is -2.40. The number of halogens is 1. The van der Waals surface area contributed by atoms with Gasteiger partial charge in [-0.2, -0.15) is 0 Å². The summed E-state index contributed by atoms with van der Waals surface area (Å²) >= 11 is 3.33. The molecule has 1 aromatic carbocycles. The van der Waals surface area contributed by atoms with Gasteiger partial charge in [0.25, 0.3) is 0 Å². The number of nitrogens with one attached hydrogen (secondary N) is 1. The van der Waals surface area contributed by atoms with Crippen LogP contribution >= 0.6 is 15.9 Å². The van der Waals surface area contributed by atoms with Crippen molar-refractivity contribution in [1.29, 1.82) is 0 Å². The molecule has 2 atom stereocenters. The topological polar surface area (TPSA) is 66.4 Å². The van der Waals surface area contributed by atoms with E-state index >= 15 is 0 Å². The summed E-state index contributed by atoms with van der Waals surface area (Å²) in [6.45, 7) is 1.90. The smallest absolute Gasteiger partial charge is 0.326 e. The first kappa shape index (κ1) is 13.7. The number of carboxylic acid groups (broad SMARTS) is 1. The van der Waals surface area contributed by atoms with Gasteiger partial charge in [-0.3, -0.25) is 4.79 Å². The van der Waals surface area contributed by atoms with Gasteiger partial charge in [-0.15, -0.1) is 0 Å². The lowest BCUT2D eigenvalue weighted by atomic mass is 9.89. The van der Waals surface area contributed by atoms with E-state index in [0.717, 1.165) is 10.0 Å². The average Bonchev–Trinajstić information content (AvgIpc) is 2.31. The summed E-state index contributed by atoms with van der Waals surface area (Å²) in [6, 6.07) is 6.55. The lowest BCUT2D eigenvalue weighted by Gasteiger charge is -2.22. The van der Waals surface area contributed by atoms with Gasteiger partial charge in [0.15, 0.2) is 0 Å². The minimum Gasteiger partial charge on any atom is -0.480 e. The van der Waals surface area contributed by atoms with Gasteiger partial charge >= 0.3 is 5.97 Å². The number of rotatable bonds is 6. The van der Waals surface area contributed by atoms with Crippen molar-refractivity contribution in [3.8, 4) is 0 Å². The Morgan fingerprint density at radius 1 is 1.47 bits per heavy atom. The van der Waals surface area contributed by atoms with E-state index in [-0.39, 0.29) is 5.92 Å². The Hall–Kier alpha value is -1.36. The molecule has 0 aliphatic rings. The third-order valence-electron chi connectivity index (χ3n) is 2.65. The third-order valence-corrected chi connectivity index (χ3v) is 3.18. The van der Waals surface area contributed by atoms with Gasteiger partial charge < -0.3 is 10.4 Å². The minimum absolute atomic E-state index is 0.231. The Morgan fingerprint density at radius 3 is 2.47 bits per heavy atom. The highest BCUT2D eigenvalue weighted by molar-refractivity contribution is 9.10. The molecule has 4 nitrogen and oxygen atoms in total. The van der Waals surface area contributed by atoms with Crippen molar-refractivity contribution in [3.05, 3.63) is 34.3 Å². The predicted octanol–water partition coefficient (Wildman–Crippen LogP) is 2.14. The number of aliphatic carboxylic acids is 1. The second kappa shape index (κ2) is 6.39. The molecule has 0 aliphatic carbocycles. The molecule has 5 heteroatoms. The second-order valence-corrected chi connectivity index (χ2v) is 4.58. The average molecular weight is 300 g/mol. The fourth-order valence-corrected chi connectivity index (χ4v) is 2.07. The van der Waals surface area contributed by atoms with E-state index in [1.165, 1.54) is 0 Å². The second-order valence-electron chi connectivity index (χ2n) is 3.67. The number of benzene rings is 1. The van der Waals surface area contributed by atoms with Crippen molar-refractivity contribution in [2.45, 2.75) is 25.3 Å². The van der Waals surface area contributed by atoms with Crippen LogP contribution in [0.2, 0.25) is 0 Å². The Labute approximate surface area is 108 Å². The van der Waals surface area contributed by atoms with E-state index in [0.29, 0.717) is 12.8 Å². The maximum Gasteiger partial charge on any atom is 0.326 e. The molecule has 1 amide bonds. The molecule has 0 saturated carbocycles. The van der Waals surface area contributed by atoms with Gasteiger partial charge in [-0.25, -0.2) is 4.79 Å². The highest BCUT2D eigenvalue weighted by atomic mass is 79.9. The van der Waals surface area contributed by atoms with E-state index < -0.39 is 12.0 Å². The van der Waals surface area contributed by atoms with E-state index in [4.69, 9.17) is 5.11 Å². The van der Waals surface area contributed by atoms with Crippen LogP contribution in [0.15, 0.2) is 28.7 Å². The summed E-state index contributed by atoms with van der Waals surface area (Å²) in [5, 5.41) is 11.4. The van der Waals surface area contributed by atoms with Crippen LogP contribution in [0.3, 0.4) is 0 Å². The molecule has 0 bridgehead atoms. The van der Waals surface area contributed by atoms with E-state index in [9.17, 15) is 9.59 Å². The molecule has 92 valence electrons. The Kier molecular flexibility index (Phi) is 5.15. The van der Waals surface area contributed by atoms with Crippen LogP contribution in [0.25, 0.3) is 0 Å². The summed E-state index contributed by atoms with van der Waals surface area (Å²) in [6.07, 6.45) is 1.07. The molecule has 0 aromatic heterocycles. The Bertz CT molecular complexity index is 391. The van der Waals surface area contributed by atoms with Gasteiger partial charge in [-0.1, -0.05) is 35.0 Å². The molecular weight excluding hydrogens is 286 g/mol. The van der Waals surface area contributed by atoms with Crippen LogP contribution in [0.1, 0.15) is 24.8 Å². The van der Waals surface area contributed by atoms with E-state index in [2.05, 4.69) is 21.2 Å². The lowest BCUT2D eigenvalue weighted by molar-refractivity contribution is -0.141.